The molecule has 1 amide bonds. The Kier molecular flexibility index (Phi) is 4.89. The van der Waals surface area contributed by atoms with Gasteiger partial charge in [0.15, 0.2) is 5.69 Å². The standard InChI is InChI=1S/C21H21N3O3/c25-16-10-12-24(13-11-16)19-9-5-4-8-17(19)22-20(26)18-14-27-21(23-18)15-6-2-1-3-7-15/h1-9,14,16,25H,10-13H2,(H,22,26). The minimum absolute atomic E-state index is 0.234. The average Bonchev–Trinajstić information content (AvgIpc) is 3.20. The maximum absolute atomic E-state index is 12.7. The SMILES string of the molecule is O=C(Nc1ccccc1N1CCC(O)CC1)c1coc(-c2ccccc2)n1. The number of anilines is 2. The highest BCUT2D eigenvalue weighted by Gasteiger charge is 2.21. The lowest BCUT2D eigenvalue weighted by atomic mass is 10.1. The first-order valence-electron chi connectivity index (χ1n) is 9.05. The number of aromatic nitrogens is 1. The molecule has 1 aliphatic heterocycles. The maximum Gasteiger partial charge on any atom is 0.277 e. The van der Waals surface area contributed by atoms with E-state index in [2.05, 4.69) is 15.2 Å². The van der Waals surface area contributed by atoms with Crippen molar-refractivity contribution in [3.8, 4) is 11.5 Å². The summed E-state index contributed by atoms with van der Waals surface area (Å²) in [5.74, 6) is 0.101. The highest BCUT2D eigenvalue weighted by atomic mass is 16.3. The van der Waals surface area contributed by atoms with Crippen molar-refractivity contribution in [1.82, 2.24) is 4.98 Å². The first-order valence-corrected chi connectivity index (χ1v) is 9.05. The van der Waals surface area contributed by atoms with Crippen LogP contribution in [0, 0.1) is 0 Å². The third-order valence-electron chi connectivity index (χ3n) is 4.71. The van der Waals surface area contributed by atoms with Crippen molar-refractivity contribution in [2.24, 2.45) is 0 Å². The molecule has 3 aromatic rings. The summed E-state index contributed by atoms with van der Waals surface area (Å²) in [6.07, 6.45) is 2.59. The highest BCUT2D eigenvalue weighted by molar-refractivity contribution is 6.04. The molecule has 2 N–H and O–H groups in total. The Labute approximate surface area is 157 Å². The first-order chi connectivity index (χ1) is 13.2. The van der Waals surface area contributed by atoms with Gasteiger partial charge in [-0.25, -0.2) is 4.98 Å². The molecule has 0 radical (unpaired) electrons. The summed E-state index contributed by atoms with van der Waals surface area (Å²) >= 11 is 0. The van der Waals surface area contributed by atoms with Crippen LogP contribution in [0.5, 0.6) is 0 Å². The monoisotopic (exact) mass is 363 g/mol. The van der Waals surface area contributed by atoms with Crippen LogP contribution in [0.25, 0.3) is 11.5 Å². The maximum atomic E-state index is 12.7. The number of aliphatic hydroxyl groups is 1. The number of rotatable bonds is 4. The lowest BCUT2D eigenvalue weighted by Gasteiger charge is -2.32. The first kappa shape index (κ1) is 17.3. The number of benzene rings is 2. The smallest absolute Gasteiger partial charge is 0.277 e. The molecule has 0 saturated carbocycles. The number of aliphatic hydroxyl groups excluding tert-OH is 1. The number of piperidine rings is 1. The lowest BCUT2D eigenvalue weighted by Crippen LogP contribution is -2.36. The number of carbonyl (C=O) groups is 1. The summed E-state index contributed by atoms with van der Waals surface area (Å²) in [7, 11) is 0. The Bertz CT molecular complexity index is 915. The summed E-state index contributed by atoms with van der Waals surface area (Å²) in [5, 5.41) is 12.7. The largest absolute Gasteiger partial charge is 0.444 e. The minimum atomic E-state index is -0.314. The normalized spacial score (nSPS) is 14.9. The van der Waals surface area contributed by atoms with Gasteiger partial charge in [0, 0.05) is 18.7 Å². The fourth-order valence-corrected chi connectivity index (χ4v) is 3.24. The zero-order chi connectivity index (χ0) is 18.6. The molecule has 1 aromatic heterocycles. The second-order valence-electron chi connectivity index (χ2n) is 6.59. The van der Waals surface area contributed by atoms with Crippen molar-refractivity contribution in [2.75, 3.05) is 23.3 Å². The second-order valence-corrected chi connectivity index (χ2v) is 6.59. The molecule has 2 heterocycles. The number of oxazole rings is 1. The molecule has 0 spiro atoms. The van der Waals surface area contributed by atoms with Gasteiger partial charge in [-0.2, -0.15) is 0 Å². The van der Waals surface area contributed by atoms with E-state index in [4.69, 9.17) is 4.42 Å². The van der Waals surface area contributed by atoms with Crippen LogP contribution < -0.4 is 10.2 Å². The van der Waals surface area contributed by atoms with Crippen molar-refractivity contribution in [3.63, 3.8) is 0 Å². The zero-order valence-electron chi connectivity index (χ0n) is 14.8. The molecule has 6 heteroatoms. The van der Waals surface area contributed by atoms with Crippen molar-refractivity contribution < 1.29 is 14.3 Å². The van der Waals surface area contributed by atoms with Gasteiger partial charge in [0.1, 0.15) is 6.26 Å². The van der Waals surface area contributed by atoms with Crippen LogP contribution in [0.4, 0.5) is 11.4 Å². The van der Waals surface area contributed by atoms with Gasteiger partial charge in [0.25, 0.3) is 5.91 Å². The van der Waals surface area contributed by atoms with Crippen LogP contribution in [-0.4, -0.2) is 35.2 Å². The van der Waals surface area contributed by atoms with E-state index >= 15 is 0 Å². The van der Waals surface area contributed by atoms with E-state index < -0.39 is 0 Å². The molecule has 0 atom stereocenters. The van der Waals surface area contributed by atoms with Crippen LogP contribution in [0.15, 0.2) is 65.3 Å². The molecule has 2 aromatic carbocycles. The summed E-state index contributed by atoms with van der Waals surface area (Å²) in [5.41, 5.74) is 2.73. The van der Waals surface area contributed by atoms with Crippen molar-refractivity contribution in [2.45, 2.75) is 18.9 Å². The van der Waals surface area contributed by atoms with Crippen LogP contribution in [0.3, 0.4) is 0 Å². The zero-order valence-corrected chi connectivity index (χ0v) is 14.8. The Hall–Kier alpha value is -3.12. The van der Waals surface area contributed by atoms with Crippen LogP contribution >= 0.6 is 0 Å². The van der Waals surface area contributed by atoms with E-state index in [1.165, 1.54) is 6.26 Å². The number of hydrogen-bond acceptors (Lipinski definition) is 5. The second kappa shape index (κ2) is 7.63. The van der Waals surface area contributed by atoms with E-state index in [1.807, 2.05) is 54.6 Å². The molecule has 1 aliphatic rings. The van der Waals surface area contributed by atoms with E-state index in [0.29, 0.717) is 5.89 Å². The van der Waals surface area contributed by atoms with Crippen LogP contribution in [0.1, 0.15) is 23.3 Å². The number of para-hydroxylation sites is 2. The van der Waals surface area contributed by atoms with Gasteiger partial charge < -0.3 is 19.7 Å². The molecule has 1 fully saturated rings. The molecule has 6 nitrogen and oxygen atoms in total. The predicted octanol–water partition coefficient (Wildman–Crippen LogP) is 3.56. The average molecular weight is 363 g/mol. The molecule has 27 heavy (non-hydrogen) atoms. The van der Waals surface area contributed by atoms with Gasteiger partial charge >= 0.3 is 0 Å². The van der Waals surface area contributed by atoms with Crippen molar-refractivity contribution in [1.29, 1.82) is 0 Å². The number of hydrogen-bond donors (Lipinski definition) is 2. The minimum Gasteiger partial charge on any atom is -0.444 e. The third kappa shape index (κ3) is 3.85. The molecule has 1 saturated heterocycles. The topological polar surface area (TPSA) is 78.6 Å². The number of nitrogens with zero attached hydrogens (tertiary/aromatic N) is 2. The molecule has 0 aliphatic carbocycles. The van der Waals surface area contributed by atoms with E-state index in [1.54, 1.807) is 0 Å². The Morgan fingerprint density at radius 1 is 1.07 bits per heavy atom. The summed E-state index contributed by atoms with van der Waals surface area (Å²) in [6, 6.07) is 17.1. The number of amides is 1. The fourth-order valence-electron chi connectivity index (χ4n) is 3.24. The third-order valence-corrected chi connectivity index (χ3v) is 4.71. The predicted molar refractivity (Wildman–Crippen MR) is 104 cm³/mol. The number of carbonyl (C=O) groups excluding carboxylic acids is 1. The van der Waals surface area contributed by atoms with E-state index in [-0.39, 0.29) is 17.7 Å². The quantitative estimate of drug-likeness (QED) is 0.741. The van der Waals surface area contributed by atoms with Gasteiger partial charge in [-0.05, 0) is 37.1 Å². The van der Waals surface area contributed by atoms with E-state index in [0.717, 1.165) is 42.9 Å². The Morgan fingerprint density at radius 3 is 2.56 bits per heavy atom. The molecule has 4 rings (SSSR count). The van der Waals surface area contributed by atoms with Gasteiger partial charge in [0.05, 0.1) is 17.5 Å². The summed E-state index contributed by atoms with van der Waals surface area (Å²) in [4.78, 5) is 19.1. The van der Waals surface area contributed by atoms with Gasteiger partial charge in [0.2, 0.25) is 5.89 Å². The van der Waals surface area contributed by atoms with Crippen LogP contribution in [0.2, 0.25) is 0 Å². The summed E-state index contributed by atoms with van der Waals surface area (Å²) < 4.78 is 5.46. The van der Waals surface area contributed by atoms with E-state index in [9.17, 15) is 9.90 Å². The highest BCUT2D eigenvalue weighted by Crippen LogP contribution is 2.29. The van der Waals surface area contributed by atoms with Gasteiger partial charge in [-0.3, -0.25) is 4.79 Å². The molecule has 0 unspecified atom stereocenters. The fraction of sp³-hybridized carbons (Fsp3) is 0.238. The Balaban J connectivity index is 1.51. The molecule has 0 bridgehead atoms. The molecular weight excluding hydrogens is 342 g/mol. The number of nitrogens with one attached hydrogen (secondary N) is 1. The van der Waals surface area contributed by atoms with Gasteiger partial charge in [-0.15, -0.1) is 0 Å². The Morgan fingerprint density at radius 2 is 1.78 bits per heavy atom. The molecule has 138 valence electrons. The van der Waals surface area contributed by atoms with Crippen molar-refractivity contribution in [3.05, 3.63) is 66.6 Å². The molecular formula is C21H21N3O3. The van der Waals surface area contributed by atoms with Crippen LogP contribution in [-0.2, 0) is 0 Å². The van der Waals surface area contributed by atoms with Gasteiger partial charge in [-0.1, -0.05) is 30.3 Å². The van der Waals surface area contributed by atoms with Crippen molar-refractivity contribution >= 4 is 17.3 Å². The lowest BCUT2D eigenvalue weighted by molar-refractivity contribution is 0.102. The summed E-state index contributed by atoms with van der Waals surface area (Å²) in [6.45, 7) is 1.52.